The number of amides is 2. The first kappa shape index (κ1) is 25.7. The highest BCUT2D eigenvalue weighted by Gasteiger charge is 2.19. The maximum Gasteiger partial charge on any atom is 0.426 e. The highest BCUT2D eigenvalue weighted by atomic mass is 28.3. The average Bonchev–Trinajstić information content (AvgIpc) is 2.78. The molecule has 3 rings (SSSR count). The molecule has 0 saturated heterocycles. The predicted octanol–water partition coefficient (Wildman–Crippen LogP) is 4.70. The van der Waals surface area contributed by atoms with E-state index >= 15 is 0 Å². The number of carbonyl (C=O) groups is 2. The Morgan fingerprint density at radius 3 is 2.46 bits per heavy atom. The Kier molecular flexibility index (Phi) is 7.46. The van der Waals surface area contributed by atoms with Crippen LogP contribution in [0.25, 0.3) is 22.2 Å². The first-order valence-corrected chi connectivity index (χ1v) is 14.6. The molecule has 0 radical (unpaired) electrons. The molecule has 0 fully saturated rings. The highest BCUT2D eigenvalue weighted by molar-refractivity contribution is 6.83. The van der Waals surface area contributed by atoms with Gasteiger partial charge in [-0.05, 0) is 45.0 Å². The second-order valence-corrected chi connectivity index (χ2v) is 14.7. The summed E-state index contributed by atoms with van der Waals surface area (Å²) in [5.74, 6) is 3.33. The zero-order valence-corrected chi connectivity index (χ0v) is 22.1. The van der Waals surface area contributed by atoms with Gasteiger partial charge in [0.25, 0.3) is 5.91 Å². The Hall–Kier alpha value is -3.90. The number of hydrogen-bond acceptors (Lipinski definition) is 6. The van der Waals surface area contributed by atoms with Crippen LogP contribution in [0.3, 0.4) is 0 Å². The molecule has 182 valence electrons. The maximum atomic E-state index is 13.0. The number of benzene rings is 1. The minimum Gasteiger partial charge on any atom is -0.495 e. The van der Waals surface area contributed by atoms with Crippen molar-refractivity contribution >= 4 is 31.0 Å². The van der Waals surface area contributed by atoms with Gasteiger partial charge in [0.2, 0.25) is 0 Å². The molecule has 0 aliphatic heterocycles. The number of pyridine rings is 2. The zero-order valence-electron chi connectivity index (χ0n) is 21.1. The van der Waals surface area contributed by atoms with Crippen molar-refractivity contribution in [1.82, 2.24) is 20.8 Å². The number of hydrazine groups is 1. The highest BCUT2D eigenvalue weighted by Crippen LogP contribution is 2.29. The van der Waals surface area contributed by atoms with Gasteiger partial charge in [-0.3, -0.25) is 15.2 Å². The molecule has 0 spiro atoms. The molecule has 2 heterocycles. The number of ether oxygens (including phenoxy) is 2. The van der Waals surface area contributed by atoms with E-state index in [0.717, 1.165) is 11.1 Å². The minimum absolute atomic E-state index is 0.302. The molecular weight excluding hydrogens is 460 g/mol. The average molecular weight is 491 g/mol. The van der Waals surface area contributed by atoms with Crippen LogP contribution in [0, 0.1) is 11.5 Å². The fourth-order valence-electron chi connectivity index (χ4n) is 3.09. The number of aromatic nitrogens is 2. The fourth-order valence-corrected chi connectivity index (χ4v) is 3.60. The predicted molar refractivity (Wildman–Crippen MR) is 139 cm³/mol. The molecule has 0 aliphatic carbocycles. The molecule has 0 unspecified atom stereocenters. The Labute approximate surface area is 206 Å². The van der Waals surface area contributed by atoms with Gasteiger partial charge in [-0.25, -0.2) is 15.2 Å². The third-order valence-corrected chi connectivity index (χ3v) is 5.48. The van der Waals surface area contributed by atoms with E-state index in [9.17, 15) is 9.59 Å². The van der Waals surface area contributed by atoms with Crippen LogP contribution in [0.4, 0.5) is 4.79 Å². The molecule has 8 nitrogen and oxygen atoms in total. The fraction of sp³-hybridized carbons (Fsp3) is 0.308. The standard InChI is InChI=1S/C26H30N4O4Si/c1-26(2,3)34-25(32)30-29-24(31)19-15-22(28-21-10-12-27-16-20(19)21)18-9-8-17(23(14-18)33-4)11-13-35(5,6)7/h8-10,12,14-16H,1-7H3,(H,29,31)(H,30,32). The van der Waals surface area contributed by atoms with E-state index in [1.54, 1.807) is 52.4 Å². The monoisotopic (exact) mass is 490 g/mol. The van der Waals surface area contributed by atoms with Crippen molar-refractivity contribution in [2.45, 2.75) is 46.0 Å². The maximum absolute atomic E-state index is 13.0. The summed E-state index contributed by atoms with van der Waals surface area (Å²) < 4.78 is 10.7. The topological polar surface area (TPSA) is 102 Å². The SMILES string of the molecule is COc1cc(-c2cc(C(=O)NNC(=O)OC(C)(C)C)c3cnccc3n2)ccc1C#C[Si](C)(C)C. The van der Waals surface area contributed by atoms with Crippen molar-refractivity contribution in [1.29, 1.82) is 0 Å². The Bertz CT molecular complexity index is 1330. The van der Waals surface area contributed by atoms with E-state index in [0.29, 0.717) is 27.9 Å². The number of nitrogens with one attached hydrogen (secondary N) is 2. The third kappa shape index (κ3) is 7.04. The number of fused-ring (bicyclic) bond motifs is 1. The summed E-state index contributed by atoms with van der Waals surface area (Å²) >= 11 is 0. The Morgan fingerprint density at radius 2 is 1.80 bits per heavy atom. The van der Waals surface area contributed by atoms with E-state index in [1.807, 2.05) is 18.2 Å². The Balaban J connectivity index is 1.98. The lowest BCUT2D eigenvalue weighted by atomic mass is 10.0. The molecule has 0 saturated carbocycles. The van der Waals surface area contributed by atoms with Crippen molar-refractivity contribution in [3.8, 4) is 28.5 Å². The molecule has 0 atom stereocenters. The Morgan fingerprint density at radius 1 is 1.06 bits per heavy atom. The smallest absolute Gasteiger partial charge is 0.426 e. The van der Waals surface area contributed by atoms with Crippen molar-refractivity contribution in [2.75, 3.05) is 7.11 Å². The van der Waals surface area contributed by atoms with Crippen LogP contribution in [-0.4, -0.2) is 42.8 Å². The van der Waals surface area contributed by atoms with Gasteiger partial charge in [-0.2, -0.15) is 0 Å². The van der Waals surface area contributed by atoms with Crippen LogP contribution in [0.1, 0.15) is 36.7 Å². The largest absolute Gasteiger partial charge is 0.495 e. The molecule has 2 aromatic heterocycles. The first-order valence-electron chi connectivity index (χ1n) is 11.1. The molecule has 35 heavy (non-hydrogen) atoms. The van der Waals surface area contributed by atoms with Crippen molar-refractivity contribution in [2.24, 2.45) is 0 Å². The van der Waals surface area contributed by atoms with Gasteiger partial charge >= 0.3 is 6.09 Å². The first-order chi connectivity index (χ1) is 16.4. The summed E-state index contributed by atoms with van der Waals surface area (Å²) in [4.78, 5) is 33.8. The minimum atomic E-state index is -1.55. The van der Waals surface area contributed by atoms with E-state index in [2.05, 4.69) is 46.9 Å². The molecule has 2 amide bonds. The summed E-state index contributed by atoms with van der Waals surface area (Å²) in [5.41, 5.74) is 10.3. The van der Waals surface area contributed by atoms with Crippen LogP contribution in [-0.2, 0) is 4.74 Å². The number of hydrogen-bond donors (Lipinski definition) is 2. The second kappa shape index (κ2) is 10.2. The van der Waals surface area contributed by atoms with Gasteiger partial charge in [-0.15, -0.1) is 5.54 Å². The zero-order chi connectivity index (χ0) is 25.8. The van der Waals surface area contributed by atoms with Gasteiger partial charge in [0, 0.05) is 23.3 Å². The lowest BCUT2D eigenvalue weighted by Crippen LogP contribution is -2.44. The molecule has 0 bridgehead atoms. The van der Waals surface area contributed by atoms with Crippen LogP contribution in [0.15, 0.2) is 42.7 Å². The van der Waals surface area contributed by atoms with Crippen molar-refractivity contribution in [3.05, 3.63) is 53.9 Å². The summed E-state index contributed by atoms with van der Waals surface area (Å²) in [7, 11) is 0.0451. The van der Waals surface area contributed by atoms with Gasteiger partial charge in [0.05, 0.1) is 29.4 Å². The lowest BCUT2D eigenvalue weighted by molar-refractivity contribution is 0.0483. The van der Waals surface area contributed by atoms with Crippen LogP contribution >= 0.6 is 0 Å². The van der Waals surface area contributed by atoms with Gasteiger partial charge < -0.3 is 9.47 Å². The molecular formula is C26H30N4O4Si. The van der Waals surface area contributed by atoms with Crippen LogP contribution in [0.5, 0.6) is 5.75 Å². The number of nitrogens with zero attached hydrogens (tertiary/aromatic N) is 2. The second-order valence-electron chi connectivity index (χ2n) is 9.94. The van der Waals surface area contributed by atoms with E-state index in [-0.39, 0.29) is 0 Å². The lowest BCUT2D eigenvalue weighted by Gasteiger charge is -2.20. The van der Waals surface area contributed by atoms with Gasteiger partial charge in [0.15, 0.2) is 0 Å². The van der Waals surface area contributed by atoms with Gasteiger partial charge in [0.1, 0.15) is 19.4 Å². The molecule has 9 heteroatoms. The summed E-state index contributed by atoms with van der Waals surface area (Å²) in [6, 6.07) is 9.01. The third-order valence-electron chi connectivity index (χ3n) is 4.60. The number of carbonyl (C=O) groups excluding carboxylic acids is 2. The van der Waals surface area contributed by atoms with Crippen molar-refractivity contribution < 1.29 is 19.1 Å². The van der Waals surface area contributed by atoms with E-state index in [4.69, 9.17) is 14.5 Å². The normalized spacial score (nSPS) is 11.3. The van der Waals surface area contributed by atoms with E-state index < -0.39 is 25.7 Å². The summed E-state index contributed by atoms with van der Waals surface area (Å²) in [5, 5.41) is 0.546. The van der Waals surface area contributed by atoms with Gasteiger partial charge in [-0.1, -0.05) is 31.6 Å². The molecule has 2 N–H and O–H groups in total. The molecule has 0 aliphatic rings. The van der Waals surface area contributed by atoms with Crippen LogP contribution in [0.2, 0.25) is 19.6 Å². The number of rotatable bonds is 3. The summed E-state index contributed by atoms with van der Waals surface area (Å²) in [6.07, 6.45) is 2.40. The van der Waals surface area contributed by atoms with Crippen LogP contribution < -0.4 is 15.6 Å². The van der Waals surface area contributed by atoms with Crippen molar-refractivity contribution in [3.63, 3.8) is 0 Å². The number of methoxy groups -OCH3 is 1. The van der Waals surface area contributed by atoms with E-state index in [1.165, 1.54) is 0 Å². The molecule has 3 aromatic rings. The summed E-state index contributed by atoms with van der Waals surface area (Å²) in [6.45, 7) is 11.7. The quantitative estimate of drug-likeness (QED) is 0.313. The molecule has 1 aromatic carbocycles.